The summed E-state index contributed by atoms with van der Waals surface area (Å²) in [6.07, 6.45) is -0.692. The standard InChI is InChI=1S/C19H22O4/c1-3-22-18(20)23-19(2,17-12-8-5-9-13-17)15-21-14-16-10-6-4-7-11-16/h4-13H,3,14-15H2,1-2H3. The van der Waals surface area contributed by atoms with Gasteiger partial charge in [0.2, 0.25) is 0 Å². The Bertz CT molecular complexity index is 597. The molecule has 0 bridgehead atoms. The normalized spacial score (nSPS) is 13.1. The number of ether oxygens (including phenoxy) is 3. The van der Waals surface area contributed by atoms with Gasteiger partial charge in [-0.1, -0.05) is 60.7 Å². The van der Waals surface area contributed by atoms with Crippen molar-refractivity contribution >= 4 is 6.16 Å². The van der Waals surface area contributed by atoms with Gasteiger partial charge >= 0.3 is 6.16 Å². The molecule has 0 fully saturated rings. The van der Waals surface area contributed by atoms with E-state index in [0.717, 1.165) is 11.1 Å². The number of hydrogen-bond donors (Lipinski definition) is 0. The van der Waals surface area contributed by atoms with Crippen molar-refractivity contribution < 1.29 is 19.0 Å². The van der Waals surface area contributed by atoms with Crippen LogP contribution in [-0.4, -0.2) is 19.4 Å². The van der Waals surface area contributed by atoms with Crippen LogP contribution in [0.2, 0.25) is 0 Å². The molecular weight excluding hydrogens is 292 g/mol. The summed E-state index contributed by atoms with van der Waals surface area (Å²) >= 11 is 0. The molecule has 0 aliphatic carbocycles. The second-order valence-electron chi connectivity index (χ2n) is 5.36. The van der Waals surface area contributed by atoms with Gasteiger partial charge in [-0.15, -0.1) is 0 Å². The van der Waals surface area contributed by atoms with E-state index in [4.69, 9.17) is 14.2 Å². The molecule has 2 aromatic rings. The van der Waals surface area contributed by atoms with Gasteiger partial charge < -0.3 is 14.2 Å². The Morgan fingerprint density at radius 2 is 1.61 bits per heavy atom. The first-order chi connectivity index (χ1) is 11.1. The summed E-state index contributed by atoms with van der Waals surface area (Å²) in [6.45, 7) is 4.53. The Hall–Kier alpha value is -2.33. The molecule has 1 unspecified atom stereocenters. The van der Waals surface area contributed by atoms with Crippen LogP contribution in [0.5, 0.6) is 0 Å². The number of carbonyl (C=O) groups excluding carboxylic acids is 1. The van der Waals surface area contributed by atoms with Crippen LogP contribution < -0.4 is 0 Å². The highest BCUT2D eigenvalue weighted by molar-refractivity contribution is 5.61. The van der Waals surface area contributed by atoms with Gasteiger partial charge in [-0.3, -0.25) is 0 Å². The molecule has 2 aromatic carbocycles. The number of hydrogen-bond acceptors (Lipinski definition) is 4. The summed E-state index contributed by atoms with van der Waals surface area (Å²) in [5, 5.41) is 0. The van der Waals surface area contributed by atoms with Gasteiger partial charge in [0.25, 0.3) is 0 Å². The van der Waals surface area contributed by atoms with Crippen LogP contribution >= 0.6 is 0 Å². The van der Waals surface area contributed by atoms with Crippen molar-refractivity contribution in [1.82, 2.24) is 0 Å². The molecule has 122 valence electrons. The summed E-state index contributed by atoms with van der Waals surface area (Å²) < 4.78 is 16.2. The fourth-order valence-corrected chi connectivity index (χ4v) is 2.23. The van der Waals surface area contributed by atoms with Crippen LogP contribution in [-0.2, 0) is 26.4 Å². The fraction of sp³-hybridized carbons (Fsp3) is 0.316. The third-order valence-corrected chi connectivity index (χ3v) is 3.44. The maximum atomic E-state index is 11.8. The van der Waals surface area contributed by atoms with Crippen LogP contribution in [0.3, 0.4) is 0 Å². The minimum Gasteiger partial charge on any atom is -0.435 e. The summed E-state index contributed by atoms with van der Waals surface area (Å²) in [4.78, 5) is 11.8. The lowest BCUT2D eigenvalue weighted by Crippen LogP contribution is -2.34. The molecule has 0 N–H and O–H groups in total. The van der Waals surface area contributed by atoms with Crippen molar-refractivity contribution in [2.24, 2.45) is 0 Å². The highest BCUT2D eigenvalue weighted by Crippen LogP contribution is 2.27. The molecule has 1 atom stereocenters. The van der Waals surface area contributed by atoms with E-state index in [2.05, 4.69) is 0 Å². The van der Waals surface area contributed by atoms with Gasteiger partial charge in [-0.25, -0.2) is 4.79 Å². The van der Waals surface area contributed by atoms with Gasteiger partial charge in [-0.2, -0.15) is 0 Å². The van der Waals surface area contributed by atoms with Gasteiger partial charge in [0.1, 0.15) is 0 Å². The predicted molar refractivity (Wildman–Crippen MR) is 88.0 cm³/mol. The molecule has 4 nitrogen and oxygen atoms in total. The quantitative estimate of drug-likeness (QED) is 0.715. The molecule has 0 aromatic heterocycles. The highest BCUT2D eigenvalue weighted by atomic mass is 16.7. The lowest BCUT2D eigenvalue weighted by atomic mass is 9.97. The SMILES string of the molecule is CCOC(=O)OC(C)(COCc1ccccc1)c1ccccc1. The molecule has 0 saturated carbocycles. The minimum atomic E-state index is -0.901. The summed E-state index contributed by atoms with van der Waals surface area (Å²) in [5.41, 5.74) is 1.03. The third-order valence-electron chi connectivity index (χ3n) is 3.44. The summed E-state index contributed by atoms with van der Waals surface area (Å²) in [6, 6.07) is 19.4. The summed E-state index contributed by atoms with van der Waals surface area (Å²) in [5.74, 6) is 0. The molecule has 0 amide bonds. The van der Waals surface area contributed by atoms with Gasteiger partial charge in [0.15, 0.2) is 5.60 Å². The Morgan fingerprint density at radius 1 is 1.00 bits per heavy atom. The van der Waals surface area contributed by atoms with Crippen molar-refractivity contribution in [1.29, 1.82) is 0 Å². The zero-order chi connectivity index (χ0) is 16.5. The van der Waals surface area contributed by atoms with Gasteiger partial charge in [0, 0.05) is 0 Å². The van der Waals surface area contributed by atoms with Crippen molar-refractivity contribution in [3.8, 4) is 0 Å². The molecule has 2 rings (SSSR count). The highest BCUT2D eigenvalue weighted by Gasteiger charge is 2.32. The Balaban J connectivity index is 2.05. The van der Waals surface area contributed by atoms with E-state index in [1.165, 1.54) is 0 Å². The Morgan fingerprint density at radius 3 is 2.22 bits per heavy atom. The Kier molecular flexibility index (Phi) is 6.18. The van der Waals surface area contributed by atoms with E-state index in [1.807, 2.05) is 67.6 Å². The first kappa shape index (κ1) is 17.0. The van der Waals surface area contributed by atoms with E-state index in [-0.39, 0.29) is 13.2 Å². The molecule has 0 radical (unpaired) electrons. The maximum absolute atomic E-state index is 11.8. The van der Waals surface area contributed by atoms with E-state index in [9.17, 15) is 4.79 Å². The van der Waals surface area contributed by atoms with Crippen LogP contribution in [0.25, 0.3) is 0 Å². The van der Waals surface area contributed by atoms with Crippen molar-refractivity contribution in [3.05, 3.63) is 71.8 Å². The average Bonchev–Trinajstić information content (AvgIpc) is 2.57. The van der Waals surface area contributed by atoms with Crippen molar-refractivity contribution in [3.63, 3.8) is 0 Å². The number of benzene rings is 2. The molecule has 0 spiro atoms. The molecular formula is C19H22O4. The van der Waals surface area contributed by atoms with Crippen LogP contribution in [0, 0.1) is 0 Å². The molecule has 0 heterocycles. The van der Waals surface area contributed by atoms with Crippen LogP contribution in [0.4, 0.5) is 4.79 Å². The fourth-order valence-electron chi connectivity index (χ4n) is 2.23. The second-order valence-corrected chi connectivity index (χ2v) is 5.36. The van der Waals surface area contributed by atoms with Crippen LogP contribution in [0.1, 0.15) is 25.0 Å². The zero-order valence-electron chi connectivity index (χ0n) is 13.5. The maximum Gasteiger partial charge on any atom is 0.509 e. The minimum absolute atomic E-state index is 0.241. The number of carbonyl (C=O) groups is 1. The predicted octanol–water partition coefficient (Wildman–Crippen LogP) is 4.29. The Labute approximate surface area is 137 Å². The lowest BCUT2D eigenvalue weighted by molar-refractivity contribution is -0.0780. The molecule has 0 saturated heterocycles. The second kappa shape index (κ2) is 8.34. The topological polar surface area (TPSA) is 44.8 Å². The summed E-state index contributed by atoms with van der Waals surface area (Å²) in [7, 11) is 0. The first-order valence-electron chi connectivity index (χ1n) is 7.67. The van der Waals surface area contributed by atoms with Crippen LogP contribution in [0.15, 0.2) is 60.7 Å². The van der Waals surface area contributed by atoms with Crippen molar-refractivity contribution in [2.45, 2.75) is 26.1 Å². The van der Waals surface area contributed by atoms with E-state index >= 15 is 0 Å². The smallest absolute Gasteiger partial charge is 0.435 e. The molecule has 23 heavy (non-hydrogen) atoms. The average molecular weight is 314 g/mol. The van der Waals surface area contributed by atoms with E-state index in [1.54, 1.807) is 6.92 Å². The van der Waals surface area contributed by atoms with Crippen molar-refractivity contribution in [2.75, 3.05) is 13.2 Å². The van der Waals surface area contributed by atoms with E-state index < -0.39 is 11.8 Å². The monoisotopic (exact) mass is 314 g/mol. The van der Waals surface area contributed by atoms with Gasteiger partial charge in [0.05, 0.1) is 19.8 Å². The number of rotatable bonds is 7. The van der Waals surface area contributed by atoms with Gasteiger partial charge in [-0.05, 0) is 25.0 Å². The molecule has 4 heteroatoms. The lowest BCUT2D eigenvalue weighted by Gasteiger charge is -2.29. The molecule has 0 aliphatic heterocycles. The largest absolute Gasteiger partial charge is 0.509 e. The first-order valence-corrected chi connectivity index (χ1v) is 7.67. The van der Waals surface area contributed by atoms with E-state index in [0.29, 0.717) is 6.61 Å². The zero-order valence-corrected chi connectivity index (χ0v) is 13.5. The molecule has 0 aliphatic rings. The third kappa shape index (κ3) is 5.11.